The van der Waals surface area contributed by atoms with Gasteiger partial charge < -0.3 is 10.0 Å². The number of nitrogens with zero attached hydrogens (tertiary/aromatic N) is 2. The molecule has 2 heterocycles. The molecule has 0 radical (unpaired) electrons. The Hall–Kier alpha value is -1.30. The molecule has 0 saturated carbocycles. The van der Waals surface area contributed by atoms with E-state index in [4.69, 9.17) is 5.11 Å². The molecule has 1 N–H and O–H groups in total. The minimum absolute atomic E-state index is 0.151. The maximum Gasteiger partial charge on any atom is 0.338 e. The molecular weight excluding hydrogens is 267 g/mol. The summed E-state index contributed by atoms with van der Waals surface area (Å²) >= 11 is 1.85. The zero-order valence-electron chi connectivity index (χ0n) is 11.0. The predicted molar refractivity (Wildman–Crippen MR) is 74.5 cm³/mol. The largest absolute Gasteiger partial charge is 0.478 e. The van der Waals surface area contributed by atoms with Crippen LogP contribution >= 0.6 is 11.8 Å². The van der Waals surface area contributed by atoms with Gasteiger partial charge in [0, 0.05) is 29.8 Å². The molecule has 1 aliphatic heterocycles. The molecule has 1 aliphatic rings. The first-order chi connectivity index (χ1) is 8.91. The maximum absolute atomic E-state index is 14.1. The lowest BCUT2D eigenvalue weighted by Gasteiger charge is -2.23. The van der Waals surface area contributed by atoms with Gasteiger partial charge >= 0.3 is 5.97 Å². The van der Waals surface area contributed by atoms with Crippen LogP contribution in [0.2, 0.25) is 0 Å². The van der Waals surface area contributed by atoms with Gasteiger partial charge in [0.05, 0.1) is 0 Å². The van der Waals surface area contributed by atoms with E-state index in [-0.39, 0.29) is 16.1 Å². The van der Waals surface area contributed by atoms with E-state index in [9.17, 15) is 9.18 Å². The number of carboxylic acids is 1. The number of aromatic nitrogens is 1. The molecule has 19 heavy (non-hydrogen) atoms. The summed E-state index contributed by atoms with van der Waals surface area (Å²) in [6.07, 6.45) is 2.27. The number of hydrogen-bond acceptors (Lipinski definition) is 4. The highest BCUT2D eigenvalue weighted by Crippen LogP contribution is 2.32. The molecule has 104 valence electrons. The molecule has 6 heteroatoms. The standard InChI is InChI=1S/C13H17FN2O2S/c1-13(2)4-6-16(7-8-19-13)11-10(14)9(12(17)18)3-5-15-11/h3,5H,4,6-8H2,1-2H3,(H,17,18). The van der Waals surface area contributed by atoms with Gasteiger partial charge in [-0.15, -0.1) is 0 Å². The van der Waals surface area contributed by atoms with Crippen molar-refractivity contribution in [3.63, 3.8) is 0 Å². The van der Waals surface area contributed by atoms with Gasteiger partial charge in [0.25, 0.3) is 0 Å². The van der Waals surface area contributed by atoms with E-state index in [0.29, 0.717) is 13.1 Å². The molecule has 1 saturated heterocycles. The molecule has 0 atom stereocenters. The molecule has 0 spiro atoms. The Morgan fingerprint density at radius 2 is 2.26 bits per heavy atom. The normalized spacial score (nSPS) is 19.0. The van der Waals surface area contributed by atoms with Crippen LogP contribution in [-0.2, 0) is 0 Å². The summed E-state index contributed by atoms with van der Waals surface area (Å²) in [6.45, 7) is 5.70. The molecule has 1 fully saturated rings. The van der Waals surface area contributed by atoms with Crippen LogP contribution in [-0.4, -0.2) is 39.6 Å². The first kappa shape index (κ1) is 14.1. The number of carbonyl (C=O) groups is 1. The van der Waals surface area contributed by atoms with Gasteiger partial charge in [-0.05, 0) is 12.5 Å². The molecule has 0 amide bonds. The molecule has 1 aromatic rings. The van der Waals surface area contributed by atoms with Gasteiger partial charge in [-0.3, -0.25) is 0 Å². The third kappa shape index (κ3) is 3.18. The topological polar surface area (TPSA) is 53.4 Å². The number of hydrogen-bond donors (Lipinski definition) is 1. The molecule has 4 nitrogen and oxygen atoms in total. The van der Waals surface area contributed by atoms with Crippen molar-refractivity contribution in [2.24, 2.45) is 0 Å². The SMILES string of the molecule is CC1(C)CCN(c2nccc(C(=O)O)c2F)CCS1. The van der Waals surface area contributed by atoms with Crippen LogP contribution in [0.4, 0.5) is 10.2 Å². The van der Waals surface area contributed by atoms with E-state index in [2.05, 4.69) is 18.8 Å². The summed E-state index contributed by atoms with van der Waals surface area (Å²) in [5.74, 6) is -0.964. The number of thioether (sulfide) groups is 1. The van der Waals surface area contributed by atoms with Crippen molar-refractivity contribution in [3.8, 4) is 0 Å². The number of rotatable bonds is 2. The van der Waals surface area contributed by atoms with E-state index < -0.39 is 11.8 Å². The fourth-order valence-corrected chi connectivity index (χ4v) is 3.15. The fraction of sp³-hybridized carbons (Fsp3) is 0.538. The van der Waals surface area contributed by atoms with Crippen molar-refractivity contribution in [1.82, 2.24) is 4.98 Å². The average molecular weight is 284 g/mol. The van der Waals surface area contributed by atoms with Crippen LogP contribution in [0.3, 0.4) is 0 Å². The van der Waals surface area contributed by atoms with Crippen LogP contribution in [0.5, 0.6) is 0 Å². The van der Waals surface area contributed by atoms with Crippen molar-refractivity contribution >= 4 is 23.5 Å². The average Bonchev–Trinajstić information content (AvgIpc) is 2.50. The molecule has 0 unspecified atom stereocenters. The zero-order chi connectivity index (χ0) is 14.0. The van der Waals surface area contributed by atoms with Gasteiger partial charge in [0.1, 0.15) is 5.56 Å². The first-order valence-corrected chi connectivity index (χ1v) is 7.16. The highest BCUT2D eigenvalue weighted by Gasteiger charge is 2.26. The van der Waals surface area contributed by atoms with E-state index in [1.165, 1.54) is 12.3 Å². The lowest BCUT2D eigenvalue weighted by atomic mass is 10.1. The van der Waals surface area contributed by atoms with E-state index >= 15 is 0 Å². The fourth-order valence-electron chi connectivity index (χ4n) is 2.05. The molecule has 0 bridgehead atoms. The maximum atomic E-state index is 14.1. The highest BCUT2D eigenvalue weighted by atomic mass is 32.2. The van der Waals surface area contributed by atoms with Gasteiger partial charge in [-0.2, -0.15) is 11.8 Å². The molecule has 0 aromatic carbocycles. The molecule has 2 rings (SSSR count). The quantitative estimate of drug-likeness (QED) is 0.905. The summed E-state index contributed by atoms with van der Waals surface area (Å²) in [6, 6.07) is 1.19. The second kappa shape index (κ2) is 5.36. The lowest BCUT2D eigenvalue weighted by Crippen LogP contribution is -2.29. The van der Waals surface area contributed by atoms with Crippen molar-refractivity contribution in [1.29, 1.82) is 0 Å². The second-order valence-corrected chi connectivity index (χ2v) is 6.95. The highest BCUT2D eigenvalue weighted by molar-refractivity contribution is 8.00. The van der Waals surface area contributed by atoms with Crippen LogP contribution < -0.4 is 4.90 Å². The minimum atomic E-state index is -1.26. The van der Waals surface area contributed by atoms with E-state index in [1.54, 1.807) is 0 Å². The van der Waals surface area contributed by atoms with Crippen molar-refractivity contribution < 1.29 is 14.3 Å². The Morgan fingerprint density at radius 1 is 1.53 bits per heavy atom. The van der Waals surface area contributed by atoms with Gasteiger partial charge in [-0.25, -0.2) is 14.2 Å². The van der Waals surface area contributed by atoms with Gasteiger partial charge in [0.15, 0.2) is 11.6 Å². The molecular formula is C13H17FN2O2S. The summed E-state index contributed by atoms with van der Waals surface area (Å²) < 4.78 is 14.3. The first-order valence-electron chi connectivity index (χ1n) is 6.17. The molecule has 0 aliphatic carbocycles. The van der Waals surface area contributed by atoms with Crippen LogP contribution in [0.1, 0.15) is 30.6 Å². The Kier molecular flexibility index (Phi) is 3.99. The van der Waals surface area contributed by atoms with Crippen molar-refractivity contribution in [2.75, 3.05) is 23.7 Å². The number of halogens is 1. The lowest BCUT2D eigenvalue weighted by molar-refractivity contribution is 0.0691. The third-order valence-electron chi connectivity index (χ3n) is 3.24. The minimum Gasteiger partial charge on any atom is -0.478 e. The number of aromatic carboxylic acids is 1. The Bertz CT molecular complexity index is 494. The number of anilines is 1. The summed E-state index contributed by atoms with van der Waals surface area (Å²) in [5.41, 5.74) is -0.318. The number of pyridine rings is 1. The summed E-state index contributed by atoms with van der Waals surface area (Å²) in [7, 11) is 0. The third-order valence-corrected chi connectivity index (χ3v) is 4.61. The van der Waals surface area contributed by atoms with E-state index in [1.807, 2.05) is 16.7 Å². The van der Waals surface area contributed by atoms with Crippen molar-refractivity contribution in [3.05, 3.63) is 23.6 Å². The van der Waals surface area contributed by atoms with Gasteiger partial charge in [-0.1, -0.05) is 13.8 Å². The smallest absolute Gasteiger partial charge is 0.338 e. The number of carboxylic acid groups (broad SMARTS) is 1. The monoisotopic (exact) mass is 284 g/mol. The van der Waals surface area contributed by atoms with Crippen LogP contribution in [0.25, 0.3) is 0 Å². The van der Waals surface area contributed by atoms with Crippen LogP contribution in [0.15, 0.2) is 12.3 Å². The Balaban J connectivity index is 2.27. The van der Waals surface area contributed by atoms with Crippen LogP contribution in [0, 0.1) is 5.82 Å². The molecule has 1 aromatic heterocycles. The van der Waals surface area contributed by atoms with Gasteiger partial charge in [0.2, 0.25) is 0 Å². The predicted octanol–water partition coefficient (Wildman–Crippen LogP) is 2.64. The summed E-state index contributed by atoms with van der Waals surface area (Å²) in [5, 5.41) is 8.94. The Morgan fingerprint density at radius 3 is 2.95 bits per heavy atom. The summed E-state index contributed by atoms with van der Waals surface area (Å²) in [4.78, 5) is 16.8. The van der Waals surface area contributed by atoms with Crippen molar-refractivity contribution in [2.45, 2.75) is 25.0 Å². The zero-order valence-corrected chi connectivity index (χ0v) is 11.8. The second-order valence-electron chi connectivity index (χ2n) is 5.15. The Labute approximate surface area is 116 Å². The van der Waals surface area contributed by atoms with E-state index in [0.717, 1.165) is 12.2 Å².